The number of nitrogens with zero attached hydrogens (tertiary/aromatic N) is 1. The predicted molar refractivity (Wildman–Crippen MR) is 79.0 cm³/mol. The number of hydrogen-bond acceptors (Lipinski definition) is 6. The van der Waals surface area contributed by atoms with Gasteiger partial charge in [-0.05, 0) is 26.0 Å². The van der Waals surface area contributed by atoms with Crippen molar-refractivity contribution in [1.29, 1.82) is 0 Å². The highest BCUT2D eigenvalue weighted by atomic mass is 16.5. The van der Waals surface area contributed by atoms with Crippen molar-refractivity contribution in [1.82, 2.24) is 9.97 Å². The van der Waals surface area contributed by atoms with Gasteiger partial charge in [0.15, 0.2) is 11.7 Å². The van der Waals surface area contributed by atoms with E-state index in [0.717, 1.165) is 0 Å². The van der Waals surface area contributed by atoms with Gasteiger partial charge in [-0.25, -0.2) is 4.98 Å². The molecule has 1 unspecified atom stereocenters. The maximum absolute atomic E-state index is 12.2. The molecule has 0 saturated carbocycles. The number of aromatic amines is 1. The molecule has 1 N–H and O–H groups in total. The van der Waals surface area contributed by atoms with Crippen molar-refractivity contribution in [3.63, 3.8) is 0 Å². The van der Waals surface area contributed by atoms with E-state index >= 15 is 0 Å². The molecule has 2 rings (SSSR count). The molecular formula is C15H16N2O5. The second kappa shape index (κ2) is 6.38. The minimum atomic E-state index is -1.25. The summed E-state index contributed by atoms with van der Waals surface area (Å²) in [6, 6.07) is 4.91. The van der Waals surface area contributed by atoms with Gasteiger partial charge in [0, 0.05) is 0 Å². The van der Waals surface area contributed by atoms with E-state index < -0.39 is 23.2 Å². The van der Waals surface area contributed by atoms with Gasteiger partial charge in [-0.1, -0.05) is 6.07 Å². The molecule has 1 atom stereocenters. The lowest BCUT2D eigenvalue weighted by molar-refractivity contribution is -0.147. The molecule has 0 aliphatic heterocycles. The zero-order valence-corrected chi connectivity index (χ0v) is 12.5. The molecule has 1 aromatic carbocycles. The van der Waals surface area contributed by atoms with Crippen LogP contribution in [0, 0.1) is 0 Å². The highest BCUT2D eigenvalue weighted by Gasteiger charge is 2.30. The van der Waals surface area contributed by atoms with E-state index in [1.54, 1.807) is 25.1 Å². The van der Waals surface area contributed by atoms with Crippen molar-refractivity contribution in [2.24, 2.45) is 0 Å². The van der Waals surface area contributed by atoms with Crippen LogP contribution in [0.4, 0.5) is 0 Å². The van der Waals surface area contributed by atoms with Crippen LogP contribution in [0.5, 0.6) is 5.75 Å². The van der Waals surface area contributed by atoms with Crippen molar-refractivity contribution in [2.45, 2.75) is 19.8 Å². The third kappa shape index (κ3) is 2.83. The Morgan fingerprint density at radius 3 is 2.68 bits per heavy atom. The molecule has 22 heavy (non-hydrogen) atoms. The van der Waals surface area contributed by atoms with Gasteiger partial charge < -0.3 is 14.5 Å². The number of methoxy groups -OCH3 is 1. The van der Waals surface area contributed by atoms with Gasteiger partial charge in [0.25, 0.3) is 5.56 Å². The van der Waals surface area contributed by atoms with Crippen LogP contribution in [-0.4, -0.2) is 35.4 Å². The molecule has 0 fully saturated rings. The average molecular weight is 304 g/mol. The Morgan fingerprint density at radius 1 is 1.36 bits per heavy atom. The topological polar surface area (TPSA) is 98.3 Å². The van der Waals surface area contributed by atoms with Crippen LogP contribution in [0.2, 0.25) is 0 Å². The van der Waals surface area contributed by atoms with Crippen LogP contribution >= 0.6 is 0 Å². The predicted octanol–water partition coefficient (Wildman–Crippen LogP) is 1.17. The third-order valence-electron chi connectivity index (χ3n) is 3.14. The number of benzene rings is 1. The first-order valence-corrected chi connectivity index (χ1v) is 6.73. The maximum atomic E-state index is 12.2. The largest absolute Gasteiger partial charge is 0.496 e. The highest BCUT2D eigenvalue weighted by molar-refractivity contribution is 6.02. The number of Topliss-reactive ketones (excluding diaryl/α,β-unsaturated/α-hetero) is 1. The van der Waals surface area contributed by atoms with Crippen LogP contribution < -0.4 is 10.3 Å². The number of fused-ring (bicyclic) bond motifs is 1. The van der Waals surface area contributed by atoms with Crippen molar-refractivity contribution in [3.8, 4) is 5.75 Å². The summed E-state index contributed by atoms with van der Waals surface area (Å²) in [5.74, 6) is -2.10. The molecule has 1 aromatic heterocycles. The molecule has 0 amide bonds. The van der Waals surface area contributed by atoms with E-state index in [9.17, 15) is 14.4 Å². The molecule has 0 saturated heterocycles. The summed E-state index contributed by atoms with van der Waals surface area (Å²) < 4.78 is 9.99. The van der Waals surface area contributed by atoms with Gasteiger partial charge in [0.2, 0.25) is 0 Å². The van der Waals surface area contributed by atoms with Crippen molar-refractivity contribution in [3.05, 3.63) is 34.4 Å². The maximum Gasteiger partial charge on any atom is 0.324 e. The lowest BCUT2D eigenvalue weighted by Crippen LogP contribution is -2.27. The molecular weight excluding hydrogens is 288 g/mol. The molecule has 1 heterocycles. The molecule has 0 radical (unpaired) electrons. The second-order valence-electron chi connectivity index (χ2n) is 4.60. The van der Waals surface area contributed by atoms with E-state index in [4.69, 9.17) is 9.47 Å². The van der Waals surface area contributed by atoms with Gasteiger partial charge in [-0.3, -0.25) is 14.4 Å². The highest BCUT2D eigenvalue weighted by Crippen LogP contribution is 2.22. The van der Waals surface area contributed by atoms with Crippen molar-refractivity contribution >= 4 is 22.7 Å². The summed E-state index contributed by atoms with van der Waals surface area (Å²) >= 11 is 0. The van der Waals surface area contributed by atoms with Crippen LogP contribution in [0.1, 0.15) is 25.6 Å². The lowest BCUT2D eigenvalue weighted by atomic mass is 10.0. The third-order valence-corrected chi connectivity index (χ3v) is 3.14. The number of nitrogens with one attached hydrogen (secondary N) is 1. The van der Waals surface area contributed by atoms with Crippen LogP contribution in [0.15, 0.2) is 23.0 Å². The molecule has 7 heteroatoms. The van der Waals surface area contributed by atoms with Gasteiger partial charge >= 0.3 is 5.97 Å². The van der Waals surface area contributed by atoms with E-state index in [1.165, 1.54) is 14.0 Å². The summed E-state index contributed by atoms with van der Waals surface area (Å²) in [4.78, 5) is 42.6. The van der Waals surface area contributed by atoms with Crippen LogP contribution in [-0.2, 0) is 14.3 Å². The quantitative estimate of drug-likeness (QED) is 0.657. The number of rotatable bonds is 5. The summed E-state index contributed by atoms with van der Waals surface area (Å²) in [5.41, 5.74) is -0.137. The lowest BCUT2D eigenvalue weighted by Gasteiger charge is -2.13. The monoisotopic (exact) mass is 304 g/mol. The van der Waals surface area contributed by atoms with Crippen LogP contribution in [0.25, 0.3) is 10.9 Å². The minimum Gasteiger partial charge on any atom is -0.496 e. The van der Waals surface area contributed by atoms with E-state index in [-0.39, 0.29) is 17.8 Å². The van der Waals surface area contributed by atoms with E-state index in [0.29, 0.717) is 11.3 Å². The standard InChI is InChI=1S/C15H16N2O5/c1-4-22-15(20)11(8(2)18)13-16-9-6-5-7-10(21-3)12(9)14(19)17-13/h5-7,11H,4H2,1-3H3,(H,16,17,19). The molecule has 0 aliphatic carbocycles. The summed E-state index contributed by atoms with van der Waals surface area (Å²) in [7, 11) is 1.44. The zero-order valence-electron chi connectivity index (χ0n) is 12.5. The first-order chi connectivity index (χ1) is 10.5. The molecule has 2 aromatic rings. The summed E-state index contributed by atoms with van der Waals surface area (Å²) in [5, 5.41) is 0.264. The normalized spacial score (nSPS) is 12.0. The molecule has 116 valence electrons. The Balaban J connectivity index is 2.63. The fourth-order valence-corrected chi connectivity index (χ4v) is 2.18. The average Bonchev–Trinajstić information content (AvgIpc) is 2.46. The van der Waals surface area contributed by atoms with Gasteiger partial charge in [0.05, 0.1) is 19.2 Å². The fourth-order valence-electron chi connectivity index (χ4n) is 2.18. The molecule has 0 aliphatic rings. The van der Waals surface area contributed by atoms with Crippen molar-refractivity contribution < 1.29 is 19.1 Å². The SMILES string of the molecule is CCOC(=O)C(C(C)=O)c1nc2cccc(OC)c2c(=O)[nH]1. The van der Waals surface area contributed by atoms with Gasteiger partial charge in [-0.2, -0.15) is 0 Å². The Kier molecular flexibility index (Phi) is 4.55. The second-order valence-corrected chi connectivity index (χ2v) is 4.60. The summed E-state index contributed by atoms with van der Waals surface area (Å²) in [6.45, 7) is 3.02. The van der Waals surface area contributed by atoms with E-state index in [2.05, 4.69) is 9.97 Å². The number of carbonyl (C=O) groups is 2. The minimum absolute atomic E-state index is 0.0308. The Morgan fingerprint density at radius 2 is 2.09 bits per heavy atom. The number of aromatic nitrogens is 2. The Labute approximate surface area is 126 Å². The molecule has 0 spiro atoms. The van der Waals surface area contributed by atoms with Crippen LogP contribution in [0.3, 0.4) is 0 Å². The number of esters is 1. The number of hydrogen-bond donors (Lipinski definition) is 1. The van der Waals surface area contributed by atoms with Crippen molar-refractivity contribution in [2.75, 3.05) is 13.7 Å². The number of ketones is 1. The Bertz CT molecular complexity index is 781. The van der Waals surface area contributed by atoms with Gasteiger partial charge in [0.1, 0.15) is 17.0 Å². The van der Waals surface area contributed by atoms with E-state index in [1.807, 2.05) is 0 Å². The van der Waals surface area contributed by atoms with Gasteiger partial charge in [-0.15, -0.1) is 0 Å². The smallest absolute Gasteiger partial charge is 0.324 e. The fraction of sp³-hybridized carbons (Fsp3) is 0.333. The summed E-state index contributed by atoms with van der Waals surface area (Å²) in [6.07, 6.45) is 0. The number of H-pyrrole nitrogens is 1. The number of ether oxygens (including phenoxy) is 2. The molecule has 0 bridgehead atoms. The Hall–Kier alpha value is -2.70. The number of carbonyl (C=O) groups excluding carboxylic acids is 2. The zero-order chi connectivity index (χ0) is 16.3. The molecule has 7 nitrogen and oxygen atoms in total. The first kappa shape index (κ1) is 15.7. The first-order valence-electron chi connectivity index (χ1n) is 6.73.